The number of esters is 1. The Hall–Kier alpha value is -0.940. The minimum atomic E-state index is -0.456. The third kappa shape index (κ3) is 4.83. The smallest absolute Gasteiger partial charge is 0.313 e. The van der Waals surface area contributed by atoms with Crippen LogP contribution >= 0.6 is 0 Å². The molecule has 0 amide bonds. The van der Waals surface area contributed by atoms with Gasteiger partial charge in [-0.2, -0.15) is 0 Å². The van der Waals surface area contributed by atoms with Crippen molar-refractivity contribution in [1.29, 1.82) is 0 Å². The number of carbonyl (C=O) groups excluding carboxylic acids is 2. The summed E-state index contributed by atoms with van der Waals surface area (Å²) in [6.45, 7) is 5.67. The van der Waals surface area contributed by atoms with Gasteiger partial charge >= 0.3 is 5.97 Å². The number of Topliss-reactive ketones (excluding diaryl/α,β-unsaturated/α-hetero) is 1. The summed E-state index contributed by atoms with van der Waals surface area (Å²) in [6.07, 6.45) is 0.265. The van der Waals surface area contributed by atoms with E-state index >= 15 is 0 Å². The maximum Gasteiger partial charge on any atom is 0.313 e. The fourth-order valence-electron chi connectivity index (χ4n) is 2.04. The van der Waals surface area contributed by atoms with Gasteiger partial charge in [-0.3, -0.25) is 14.5 Å². The lowest BCUT2D eigenvalue weighted by Gasteiger charge is -2.33. The Morgan fingerprint density at radius 2 is 2.18 bits per heavy atom. The Bertz CT molecular complexity index is 280. The number of aliphatic hydroxyl groups excluding tert-OH is 1. The largest absolute Gasteiger partial charge is 0.466 e. The number of hydrogen-bond donors (Lipinski definition) is 1. The molecule has 5 nitrogen and oxygen atoms in total. The van der Waals surface area contributed by atoms with Crippen LogP contribution in [0.1, 0.15) is 26.7 Å². The van der Waals surface area contributed by atoms with Gasteiger partial charge in [-0.15, -0.1) is 0 Å². The Morgan fingerprint density at radius 1 is 1.47 bits per heavy atom. The molecule has 5 heteroatoms. The molecular weight excluding hydrogens is 222 g/mol. The van der Waals surface area contributed by atoms with E-state index in [4.69, 9.17) is 4.74 Å². The maximum atomic E-state index is 11.6. The van der Waals surface area contributed by atoms with E-state index in [9.17, 15) is 14.7 Å². The molecule has 2 atom stereocenters. The number of aliphatic hydroxyl groups is 1. The highest BCUT2D eigenvalue weighted by Gasteiger charge is 2.25. The average molecular weight is 243 g/mol. The molecule has 2 unspecified atom stereocenters. The van der Waals surface area contributed by atoms with Crippen LogP contribution in [0.4, 0.5) is 0 Å². The molecule has 0 aromatic rings. The van der Waals surface area contributed by atoms with Crippen molar-refractivity contribution in [2.24, 2.45) is 5.92 Å². The summed E-state index contributed by atoms with van der Waals surface area (Å²) in [5, 5.41) is 9.56. The van der Waals surface area contributed by atoms with Gasteiger partial charge in [0, 0.05) is 13.1 Å². The third-order valence-corrected chi connectivity index (χ3v) is 2.99. The fraction of sp³-hybridized carbons (Fsp3) is 0.833. The van der Waals surface area contributed by atoms with Gasteiger partial charge in [0.1, 0.15) is 6.42 Å². The summed E-state index contributed by atoms with van der Waals surface area (Å²) < 4.78 is 4.72. The molecule has 1 N–H and O–H groups in total. The predicted molar refractivity (Wildman–Crippen MR) is 62.5 cm³/mol. The summed E-state index contributed by atoms with van der Waals surface area (Å²) in [6, 6.07) is 0. The van der Waals surface area contributed by atoms with Crippen molar-refractivity contribution >= 4 is 11.8 Å². The van der Waals surface area contributed by atoms with Crippen LogP contribution < -0.4 is 0 Å². The molecule has 0 bridgehead atoms. The average Bonchev–Trinajstić information content (AvgIpc) is 2.23. The van der Waals surface area contributed by atoms with Gasteiger partial charge < -0.3 is 9.84 Å². The highest BCUT2D eigenvalue weighted by Crippen LogP contribution is 2.16. The van der Waals surface area contributed by atoms with E-state index in [0.717, 1.165) is 0 Å². The molecular formula is C12H21NO4. The Balaban J connectivity index is 2.29. The number of ether oxygens (including phenoxy) is 1. The number of rotatable bonds is 5. The van der Waals surface area contributed by atoms with Crippen molar-refractivity contribution in [1.82, 2.24) is 4.90 Å². The zero-order valence-electron chi connectivity index (χ0n) is 10.5. The van der Waals surface area contributed by atoms with Gasteiger partial charge in [0.25, 0.3) is 0 Å². The van der Waals surface area contributed by atoms with Crippen molar-refractivity contribution in [3.63, 3.8) is 0 Å². The lowest BCUT2D eigenvalue weighted by Crippen LogP contribution is -2.44. The van der Waals surface area contributed by atoms with Crippen LogP contribution in [0.3, 0.4) is 0 Å². The zero-order chi connectivity index (χ0) is 12.8. The molecule has 1 saturated heterocycles. The van der Waals surface area contributed by atoms with Crippen molar-refractivity contribution in [3.05, 3.63) is 0 Å². The zero-order valence-corrected chi connectivity index (χ0v) is 10.5. The highest BCUT2D eigenvalue weighted by molar-refractivity contribution is 5.96. The van der Waals surface area contributed by atoms with E-state index in [-0.39, 0.29) is 30.8 Å². The first-order valence-corrected chi connectivity index (χ1v) is 6.10. The quantitative estimate of drug-likeness (QED) is 0.552. The minimum Gasteiger partial charge on any atom is -0.466 e. The molecule has 0 radical (unpaired) electrons. The first-order valence-electron chi connectivity index (χ1n) is 6.10. The number of hydrogen-bond acceptors (Lipinski definition) is 5. The van der Waals surface area contributed by atoms with E-state index in [0.29, 0.717) is 26.1 Å². The number of nitrogens with zero attached hydrogens (tertiary/aromatic N) is 1. The summed E-state index contributed by atoms with van der Waals surface area (Å²) >= 11 is 0. The van der Waals surface area contributed by atoms with Gasteiger partial charge in [-0.25, -0.2) is 0 Å². The van der Waals surface area contributed by atoms with Crippen LogP contribution in [-0.2, 0) is 14.3 Å². The van der Waals surface area contributed by atoms with Gasteiger partial charge in [0.05, 0.1) is 19.3 Å². The Labute approximate surface area is 102 Å². The van der Waals surface area contributed by atoms with Crippen LogP contribution in [0.25, 0.3) is 0 Å². The van der Waals surface area contributed by atoms with Crippen LogP contribution in [0, 0.1) is 5.92 Å². The van der Waals surface area contributed by atoms with Crippen molar-refractivity contribution in [2.75, 3.05) is 26.2 Å². The highest BCUT2D eigenvalue weighted by atomic mass is 16.5. The second kappa shape index (κ2) is 6.71. The monoisotopic (exact) mass is 243 g/mol. The molecule has 0 aliphatic carbocycles. The van der Waals surface area contributed by atoms with Crippen molar-refractivity contribution in [3.8, 4) is 0 Å². The molecule has 0 spiro atoms. The molecule has 0 aromatic heterocycles. The maximum absolute atomic E-state index is 11.6. The van der Waals surface area contributed by atoms with Crippen LogP contribution in [0.2, 0.25) is 0 Å². The summed E-state index contributed by atoms with van der Waals surface area (Å²) in [4.78, 5) is 24.7. The third-order valence-electron chi connectivity index (χ3n) is 2.99. The van der Waals surface area contributed by atoms with E-state index in [2.05, 4.69) is 0 Å². The first kappa shape index (κ1) is 14.1. The molecule has 1 fully saturated rings. The van der Waals surface area contributed by atoms with Crippen LogP contribution in [-0.4, -0.2) is 54.1 Å². The van der Waals surface area contributed by atoms with Gasteiger partial charge in [-0.05, 0) is 19.3 Å². The fourth-order valence-corrected chi connectivity index (χ4v) is 2.04. The van der Waals surface area contributed by atoms with Crippen molar-refractivity contribution in [2.45, 2.75) is 32.8 Å². The molecule has 1 aliphatic heterocycles. The predicted octanol–water partition coefficient (Wildman–Crippen LogP) is 0.211. The minimum absolute atomic E-state index is 0.118. The Kier molecular flexibility index (Phi) is 5.58. The molecule has 17 heavy (non-hydrogen) atoms. The second-order valence-corrected chi connectivity index (χ2v) is 4.59. The summed E-state index contributed by atoms with van der Waals surface area (Å²) in [5.41, 5.74) is 0. The van der Waals surface area contributed by atoms with E-state index in [1.807, 2.05) is 11.8 Å². The molecule has 1 aliphatic rings. The number of carbonyl (C=O) groups is 2. The summed E-state index contributed by atoms with van der Waals surface area (Å²) in [5.74, 6) is -0.395. The topological polar surface area (TPSA) is 66.8 Å². The number of likely N-dealkylation sites (tertiary alicyclic amines) is 1. The molecule has 0 aromatic carbocycles. The lowest BCUT2D eigenvalue weighted by atomic mass is 9.96. The second-order valence-electron chi connectivity index (χ2n) is 4.59. The number of piperidine rings is 1. The van der Waals surface area contributed by atoms with Gasteiger partial charge in [-0.1, -0.05) is 6.92 Å². The first-order chi connectivity index (χ1) is 8.02. The summed E-state index contributed by atoms with van der Waals surface area (Å²) in [7, 11) is 0. The van der Waals surface area contributed by atoms with Crippen molar-refractivity contribution < 1.29 is 19.4 Å². The van der Waals surface area contributed by atoms with Crippen LogP contribution in [0.15, 0.2) is 0 Å². The normalized spacial score (nSPS) is 25.6. The SMILES string of the molecule is CCOC(=O)CC(=O)CN1CCC(O)C(C)C1. The van der Waals surface area contributed by atoms with E-state index < -0.39 is 5.97 Å². The Morgan fingerprint density at radius 3 is 2.76 bits per heavy atom. The molecule has 0 saturated carbocycles. The van der Waals surface area contributed by atoms with Gasteiger partial charge in [0.2, 0.25) is 0 Å². The van der Waals surface area contributed by atoms with E-state index in [1.54, 1.807) is 6.92 Å². The lowest BCUT2D eigenvalue weighted by molar-refractivity contribution is -0.145. The number of ketones is 1. The van der Waals surface area contributed by atoms with Crippen LogP contribution in [0.5, 0.6) is 0 Å². The van der Waals surface area contributed by atoms with Gasteiger partial charge in [0.15, 0.2) is 5.78 Å². The molecule has 1 rings (SSSR count). The molecule has 98 valence electrons. The standard InChI is InChI=1S/C12H21NO4/c1-3-17-12(16)6-10(14)8-13-5-4-11(15)9(2)7-13/h9,11,15H,3-8H2,1-2H3. The van der Waals surface area contributed by atoms with E-state index in [1.165, 1.54) is 0 Å². The molecule has 1 heterocycles.